The maximum Gasteiger partial charge on any atom is 0.242 e. The number of nitrogens with zero attached hydrogens (tertiary/aromatic N) is 2. The number of unbranched alkanes of at least 4 members (excludes halogenated alkanes) is 2. The van der Waals surface area contributed by atoms with Gasteiger partial charge >= 0.3 is 0 Å². The molecule has 1 aliphatic rings. The summed E-state index contributed by atoms with van der Waals surface area (Å²) in [6, 6.07) is -0.550. The van der Waals surface area contributed by atoms with Crippen molar-refractivity contribution in [2.45, 2.75) is 84.4 Å². The third-order valence-corrected chi connectivity index (χ3v) is 7.22. The monoisotopic (exact) mass is 468 g/mol. The fourth-order valence-corrected chi connectivity index (χ4v) is 4.99. The van der Waals surface area contributed by atoms with Crippen molar-refractivity contribution in [3.05, 3.63) is 0 Å². The minimum absolute atomic E-state index is 0.00338. The van der Waals surface area contributed by atoms with Gasteiger partial charge in [-0.1, -0.05) is 34.1 Å². The highest BCUT2D eigenvalue weighted by atomic mass is 32.2. The molecule has 0 saturated carbocycles. The molecule has 32 heavy (non-hydrogen) atoms. The summed E-state index contributed by atoms with van der Waals surface area (Å²) < 4.78 is 0. The molecule has 182 valence electrons. The van der Waals surface area contributed by atoms with E-state index in [1.807, 2.05) is 34.0 Å². The van der Waals surface area contributed by atoms with Crippen LogP contribution >= 0.6 is 11.8 Å². The fraction of sp³-hybridized carbons (Fsp3) is 0.792. The molecule has 0 aliphatic carbocycles. The molecule has 3 atom stereocenters. The first-order chi connectivity index (χ1) is 14.9. The summed E-state index contributed by atoms with van der Waals surface area (Å²) in [5, 5.41) is -0.262. The molecule has 8 heteroatoms. The van der Waals surface area contributed by atoms with Crippen molar-refractivity contribution in [1.29, 1.82) is 0 Å². The Labute approximate surface area is 197 Å². The third kappa shape index (κ3) is 7.71. The van der Waals surface area contributed by atoms with Crippen molar-refractivity contribution < 1.29 is 24.0 Å². The van der Waals surface area contributed by atoms with Crippen LogP contribution < -0.4 is 0 Å². The van der Waals surface area contributed by atoms with Crippen molar-refractivity contribution >= 4 is 41.0 Å². The van der Waals surface area contributed by atoms with Gasteiger partial charge in [-0.2, -0.15) is 11.8 Å². The van der Waals surface area contributed by atoms with Gasteiger partial charge in [0, 0.05) is 38.8 Å². The lowest BCUT2D eigenvalue weighted by molar-refractivity contribution is -0.141. The van der Waals surface area contributed by atoms with Crippen LogP contribution in [0.3, 0.4) is 0 Å². The van der Waals surface area contributed by atoms with Crippen molar-refractivity contribution in [1.82, 2.24) is 9.80 Å². The summed E-state index contributed by atoms with van der Waals surface area (Å²) in [7, 11) is 1.66. The lowest BCUT2D eigenvalue weighted by Gasteiger charge is -2.31. The highest BCUT2D eigenvalue weighted by molar-refractivity contribution is 8.00. The number of rotatable bonds is 14. The molecule has 1 saturated heterocycles. The maximum atomic E-state index is 13.0. The number of carbonyl (C=O) groups excluding carboxylic acids is 5. The molecule has 1 rings (SSSR count). The van der Waals surface area contributed by atoms with Gasteiger partial charge in [0.15, 0.2) is 5.78 Å². The average Bonchev–Trinajstić information content (AvgIpc) is 2.98. The smallest absolute Gasteiger partial charge is 0.242 e. The van der Waals surface area contributed by atoms with E-state index in [1.165, 1.54) is 28.5 Å². The van der Waals surface area contributed by atoms with E-state index in [4.69, 9.17) is 0 Å². The number of imide groups is 1. The molecule has 1 aliphatic heterocycles. The van der Waals surface area contributed by atoms with Crippen LogP contribution in [0.2, 0.25) is 0 Å². The Kier molecular flexibility index (Phi) is 11.6. The van der Waals surface area contributed by atoms with Gasteiger partial charge in [0.1, 0.15) is 5.78 Å². The van der Waals surface area contributed by atoms with Gasteiger partial charge in [-0.15, -0.1) is 0 Å². The zero-order valence-electron chi connectivity index (χ0n) is 20.7. The number of amides is 3. The molecule has 0 spiro atoms. The summed E-state index contributed by atoms with van der Waals surface area (Å²) in [6.45, 7) is 9.61. The molecule has 0 N–H and O–H groups in total. The molecule has 0 aromatic heterocycles. The van der Waals surface area contributed by atoms with Gasteiger partial charge in [-0.05, 0) is 37.9 Å². The van der Waals surface area contributed by atoms with E-state index in [-0.39, 0.29) is 65.1 Å². The predicted molar refractivity (Wildman–Crippen MR) is 127 cm³/mol. The van der Waals surface area contributed by atoms with E-state index in [9.17, 15) is 24.0 Å². The largest absolute Gasteiger partial charge is 0.335 e. The van der Waals surface area contributed by atoms with E-state index in [1.54, 1.807) is 7.05 Å². The molecular formula is C24H40N2O5S. The van der Waals surface area contributed by atoms with Crippen LogP contribution in [0.15, 0.2) is 0 Å². The SMILES string of the molecule is CSC1CC(=O)N(CCCCCC(=O)N(C)[C@H](C(=O)C[C@H](C(C)=O)C(C)C)C(C)C)C1=O. The Bertz CT molecular complexity index is 707. The van der Waals surface area contributed by atoms with Crippen molar-refractivity contribution in [2.24, 2.45) is 17.8 Å². The number of thioether (sulfide) groups is 1. The zero-order valence-corrected chi connectivity index (χ0v) is 21.5. The van der Waals surface area contributed by atoms with Crippen LogP contribution in [0, 0.1) is 17.8 Å². The number of ketones is 2. The summed E-state index contributed by atoms with van der Waals surface area (Å²) in [6.07, 6.45) is 4.59. The minimum Gasteiger partial charge on any atom is -0.335 e. The first kappa shape index (κ1) is 28.3. The second kappa shape index (κ2) is 13.1. The minimum atomic E-state index is -0.550. The molecule has 3 amide bonds. The first-order valence-corrected chi connectivity index (χ1v) is 12.9. The van der Waals surface area contributed by atoms with Crippen molar-refractivity contribution in [2.75, 3.05) is 19.8 Å². The van der Waals surface area contributed by atoms with Crippen LogP contribution in [0.5, 0.6) is 0 Å². The Morgan fingerprint density at radius 2 is 1.69 bits per heavy atom. The first-order valence-electron chi connectivity index (χ1n) is 11.6. The van der Waals surface area contributed by atoms with Crippen LogP contribution in [0.4, 0.5) is 0 Å². The van der Waals surface area contributed by atoms with E-state index < -0.39 is 6.04 Å². The Balaban J connectivity index is 2.54. The standard InChI is InChI=1S/C24H40N2O5S/c1-15(2)18(17(5)27)13-19(28)23(16(3)4)25(6)21(29)11-9-8-10-12-26-22(30)14-20(32-7)24(26)31/h15-16,18,20,23H,8-14H2,1-7H3/t18-,20?,23-/m0/s1. The summed E-state index contributed by atoms with van der Waals surface area (Å²) in [4.78, 5) is 64.6. The van der Waals surface area contributed by atoms with Crippen molar-refractivity contribution in [3.63, 3.8) is 0 Å². The number of hydrogen-bond donors (Lipinski definition) is 0. The van der Waals surface area contributed by atoms with E-state index in [2.05, 4.69) is 0 Å². The van der Waals surface area contributed by atoms with Crippen LogP contribution in [-0.4, -0.2) is 70.2 Å². The molecule has 0 aromatic carbocycles. The van der Waals surface area contributed by atoms with Crippen LogP contribution in [0.25, 0.3) is 0 Å². The molecule has 1 unspecified atom stereocenters. The molecule has 1 fully saturated rings. The summed E-state index contributed by atoms with van der Waals surface area (Å²) in [5.74, 6) is -0.692. The second-order valence-corrected chi connectivity index (χ2v) is 10.5. The number of hydrogen-bond acceptors (Lipinski definition) is 6. The molecule has 0 bridgehead atoms. The van der Waals surface area contributed by atoms with Gasteiger partial charge < -0.3 is 4.90 Å². The lowest BCUT2D eigenvalue weighted by atomic mass is 9.84. The fourth-order valence-electron chi connectivity index (χ4n) is 4.35. The predicted octanol–water partition coefficient (Wildman–Crippen LogP) is 3.34. The number of carbonyl (C=O) groups is 5. The lowest BCUT2D eigenvalue weighted by Crippen LogP contribution is -2.46. The Morgan fingerprint density at radius 1 is 1.06 bits per heavy atom. The van der Waals surface area contributed by atoms with E-state index >= 15 is 0 Å². The quantitative estimate of drug-likeness (QED) is 0.287. The van der Waals surface area contributed by atoms with Gasteiger partial charge in [0.25, 0.3) is 0 Å². The zero-order chi connectivity index (χ0) is 24.6. The van der Waals surface area contributed by atoms with Gasteiger partial charge in [0.2, 0.25) is 17.7 Å². The highest BCUT2D eigenvalue weighted by Gasteiger charge is 2.37. The molecule has 1 heterocycles. The average molecular weight is 469 g/mol. The summed E-state index contributed by atoms with van der Waals surface area (Å²) in [5.41, 5.74) is 0. The highest BCUT2D eigenvalue weighted by Crippen LogP contribution is 2.24. The van der Waals surface area contributed by atoms with Crippen LogP contribution in [-0.2, 0) is 24.0 Å². The molecule has 7 nitrogen and oxygen atoms in total. The number of likely N-dealkylation sites (N-methyl/N-ethyl adjacent to an activating group) is 1. The second-order valence-electron chi connectivity index (χ2n) is 9.45. The van der Waals surface area contributed by atoms with E-state index in [0.717, 1.165) is 6.42 Å². The van der Waals surface area contributed by atoms with Gasteiger partial charge in [-0.3, -0.25) is 28.9 Å². The third-order valence-electron chi connectivity index (χ3n) is 6.28. The van der Waals surface area contributed by atoms with Crippen molar-refractivity contribution in [3.8, 4) is 0 Å². The molecule has 0 aromatic rings. The molecule has 0 radical (unpaired) electrons. The number of Topliss-reactive ketones (excluding diaryl/α,β-unsaturated/α-hetero) is 2. The number of likely N-dealkylation sites (tertiary alicyclic amines) is 1. The van der Waals surface area contributed by atoms with E-state index in [0.29, 0.717) is 25.8 Å². The maximum absolute atomic E-state index is 13.0. The molecular weight excluding hydrogens is 428 g/mol. The Hall–Kier alpha value is -1.70. The van der Waals surface area contributed by atoms with Gasteiger partial charge in [-0.25, -0.2) is 0 Å². The Morgan fingerprint density at radius 3 is 2.16 bits per heavy atom. The van der Waals surface area contributed by atoms with Gasteiger partial charge in [0.05, 0.1) is 11.3 Å². The normalized spacial score (nSPS) is 18.4. The van der Waals surface area contributed by atoms with Crippen LogP contribution in [0.1, 0.15) is 73.1 Å². The topological polar surface area (TPSA) is 91.8 Å². The summed E-state index contributed by atoms with van der Waals surface area (Å²) >= 11 is 1.40.